The van der Waals surface area contributed by atoms with E-state index in [0.717, 1.165) is 19.1 Å². The molecule has 2 unspecified atom stereocenters. The Kier molecular flexibility index (Phi) is 22.3. The summed E-state index contributed by atoms with van der Waals surface area (Å²) in [5.41, 5.74) is 0. The fourth-order valence-electron chi connectivity index (χ4n) is 3.82. The normalized spacial score (nSPS) is 15.9. The Hall–Kier alpha value is -0.510. The zero-order chi connectivity index (χ0) is 26.4. The molecule has 0 saturated heterocycles. The third-order valence-corrected chi connectivity index (χ3v) is 6.21. The lowest BCUT2D eigenvalue weighted by molar-refractivity contribution is -0.186. The Morgan fingerprint density at radius 2 is 1.23 bits per heavy atom. The Bertz CT molecular complexity index is 594. The average Bonchev–Trinajstić information content (AvgIpc) is 2.78. The van der Waals surface area contributed by atoms with E-state index in [2.05, 4.69) is 6.92 Å². The van der Waals surface area contributed by atoms with Gasteiger partial charge in [0.25, 0.3) is 10.1 Å². The first kappa shape index (κ1) is 34.5. The molecule has 4 atom stereocenters. The molecular formula is C27H54O7S. The highest BCUT2D eigenvalue weighted by Crippen LogP contribution is 2.16. The maximum atomic E-state index is 11.9. The number of hydrogen-bond acceptors (Lipinski definition) is 7. The first-order chi connectivity index (χ1) is 16.7. The highest BCUT2D eigenvalue weighted by Gasteiger charge is 2.28. The third kappa shape index (κ3) is 22.4. The number of allylic oxidation sites excluding steroid dienone is 1. The molecule has 0 rings (SSSR count). The first-order valence-corrected chi connectivity index (χ1v) is 15.6. The molecule has 0 aliphatic rings. The molecule has 0 N–H and O–H groups in total. The van der Waals surface area contributed by atoms with Gasteiger partial charge in [-0.15, -0.1) is 0 Å². The Morgan fingerprint density at radius 3 is 1.74 bits per heavy atom. The monoisotopic (exact) mass is 522 g/mol. The van der Waals surface area contributed by atoms with Crippen molar-refractivity contribution >= 4 is 10.1 Å². The zero-order valence-corrected chi connectivity index (χ0v) is 24.2. The highest BCUT2D eigenvalue weighted by atomic mass is 32.2. The second-order valence-corrected chi connectivity index (χ2v) is 10.7. The molecule has 0 aliphatic carbocycles. The summed E-state index contributed by atoms with van der Waals surface area (Å²) >= 11 is 0. The van der Waals surface area contributed by atoms with Crippen LogP contribution >= 0.6 is 0 Å². The Morgan fingerprint density at radius 1 is 0.714 bits per heavy atom. The van der Waals surface area contributed by atoms with Crippen molar-refractivity contribution < 1.29 is 31.5 Å². The quantitative estimate of drug-likeness (QED) is 0.0567. The van der Waals surface area contributed by atoms with Crippen LogP contribution in [0.1, 0.15) is 112 Å². The van der Waals surface area contributed by atoms with E-state index in [9.17, 15) is 8.42 Å². The van der Waals surface area contributed by atoms with Gasteiger partial charge in [-0.3, -0.25) is 4.18 Å². The largest absolute Gasteiger partial charge is 0.353 e. The lowest BCUT2D eigenvalue weighted by Gasteiger charge is -2.27. The van der Waals surface area contributed by atoms with Crippen LogP contribution in [0.15, 0.2) is 12.2 Å². The van der Waals surface area contributed by atoms with Crippen LogP contribution in [0, 0.1) is 0 Å². The van der Waals surface area contributed by atoms with Gasteiger partial charge in [0.05, 0.1) is 12.9 Å². The summed E-state index contributed by atoms with van der Waals surface area (Å²) in [5.74, 6) is 0. The van der Waals surface area contributed by atoms with Crippen molar-refractivity contribution in [3.63, 3.8) is 0 Å². The minimum absolute atomic E-state index is 0.0144. The Labute approximate surface area is 216 Å². The molecule has 0 amide bonds. The smallest absolute Gasteiger partial charge is 0.264 e. The fraction of sp³-hybridized carbons (Fsp3) is 0.926. The van der Waals surface area contributed by atoms with Crippen LogP contribution in [0.5, 0.6) is 0 Å². The van der Waals surface area contributed by atoms with Crippen LogP contribution in [-0.2, 0) is 33.2 Å². The van der Waals surface area contributed by atoms with Gasteiger partial charge in [0.1, 0.15) is 12.2 Å². The molecule has 7 nitrogen and oxygen atoms in total. The van der Waals surface area contributed by atoms with Gasteiger partial charge in [-0.05, 0) is 40.5 Å². The molecule has 0 bridgehead atoms. The van der Waals surface area contributed by atoms with Gasteiger partial charge in [-0.1, -0.05) is 83.3 Å². The molecule has 0 saturated carbocycles. The standard InChI is InChI=1S/C27H54O7S/c1-7-10-11-12-13-14-15-16-17-18-19-20-21-22-26(33-25(5)31-9-3)27(34-35(6,28)29)23-32-24(4)30-8-2/h21-22,24-27H,7-20,23H2,1-6H3/t24?,25?,26-,27+/m0/s1. The topological polar surface area (TPSA) is 80.3 Å². The molecule has 210 valence electrons. The van der Waals surface area contributed by atoms with Crippen molar-refractivity contribution in [3.8, 4) is 0 Å². The van der Waals surface area contributed by atoms with Crippen LogP contribution in [0.3, 0.4) is 0 Å². The lowest BCUT2D eigenvalue weighted by Crippen LogP contribution is -2.39. The summed E-state index contributed by atoms with van der Waals surface area (Å²) in [4.78, 5) is 0. The summed E-state index contributed by atoms with van der Waals surface area (Å²) in [6, 6.07) is 0. The summed E-state index contributed by atoms with van der Waals surface area (Å²) in [5, 5.41) is 0. The van der Waals surface area contributed by atoms with Crippen molar-refractivity contribution in [3.05, 3.63) is 12.2 Å². The first-order valence-electron chi connectivity index (χ1n) is 13.8. The van der Waals surface area contributed by atoms with E-state index in [-0.39, 0.29) is 6.61 Å². The van der Waals surface area contributed by atoms with Gasteiger partial charge in [0.15, 0.2) is 12.6 Å². The molecule has 35 heavy (non-hydrogen) atoms. The summed E-state index contributed by atoms with van der Waals surface area (Å²) in [6.45, 7) is 10.6. The van der Waals surface area contributed by atoms with Gasteiger partial charge in [-0.25, -0.2) is 0 Å². The van der Waals surface area contributed by atoms with Crippen LogP contribution in [0.4, 0.5) is 0 Å². The minimum atomic E-state index is -3.71. The number of hydrogen-bond donors (Lipinski definition) is 0. The van der Waals surface area contributed by atoms with Crippen molar-refractivity contribution in [2.45, 2.75) is 136 Å². The van der Waals surface area contributed by atoms with Crippen molar-refractivity contribution in [2.24, 2.45) is 0 Å². The van der Waals surface area contributed by atoms with Gasteiger partial charge >= 0.3 is 0 Å². The van der Waals surface area contributed by atoms with Gasteiger partial charge in [-0.2, -0.15) is 8.42 Å². The maximum Gasteiger partial charge on any atom is 0.264 e. The summed E-state index contributed by atoms with van der Waals surface area (Å²) in [6.07, 6.45) is 17.7. The van der Waals surface area contributed by atoms with Crippen molar-refractivity contribution in [2.75, 3.05) is 26.1 Å². The molecule has 0 aliphatic heterocycles. The van der Waals surface area contributed by atoms with Crippen molar-refractivity contribution in [1.29, 1.82) is 0 Å². The number of unbranched alkanes of at least 4 members (excludes halogenated alkanes) is 11. The van der Waals surface area contributed by atoms with Crippen LogP contribution in [-0.4, -0.2) is 59.3 Å². The average molecular weight is 523 g/mol. The molecule has 0 radical (unpaired) electrons. The predicted molar refractivity (Wildman–Crippen MR) is 143 cm³/mol. The van der Waals surface area contributed by atoms with E-state index in [1.807, 2.05) is 26.0 Å². The van der Waals surface area contributed by atoms with Crippen molar-refractivity contribution in [1.82, 2.24) is 0 Å². The van der Waals surface area contributed by atoms with Crippen LogP contribution in [0.25, 0.3) is 0 Å². The second-order valence-electron chi connectivity index (χ2n) is 9.07. The van der Waals surface area contributed by atoms with E-state index >= 15 is 0 Å². The van der Waals surface area contributed by atoms with Crippen LogP contribution in [0.2, 0.25) is 0 Å². The molecule has 0 aromatic carbocycles. The molecule has 0 aromatic rings. The molecular weight excluding hydrogens is 468 g/mol. The molecule has 0 spiro atoms. The second kappa shape index (κ2) is 22.7. The van der Waals surface area contributed by atoms with E-state index < -0.39 is 34.9 Å². The third-order valence-electron chi connectivity index (χ3n) is 5.61. The van der Waals surface area contributed by atoms with Gasteiger partial charge in [0.2, 0.25) is 0 Å². The minimum Gasteiger partial charge on any atom is -0.353 e. The molecule has 8 heteroatoms. The van der Waals surface area contributed by atoms with E-state index in [4.69, 9.17) is 23.1 Å². The lowest BCUT2D eigenvalue weighted by atomic mass is 10.0. The molecule has 0 heterocycles. The zero-order valence-electron chi connectivity index (χ0n) is 23.3. The number of rotatable bonds is 25. The number of ether oxygens (including phenoxy) is 4. The molecule has 0 aromatic heterocycles. The SMILES string of the molecule is CCCCCCCCCCCCCC=C[C@H](OC(C)OCC)[C@@H](COC(C)OCC)OS(C)(=O)=O. The van der Waals surface area contributed by atoms with Gasteiger partial charge in [0, 0.05) is 13.2 Å². The van der Waals surface area contributed by atoms with E-state index in [1.165, 1.54) is 64.2 Å². The molecule has 0 fully saturated rings. The van der Waals surface area contributed by atoms with E-state index in [0.29, 0.717) is 13.2 Å². The van der Waals surface area contributed by atoms with Gasteiger partial charge < -0.3 is 18.9 Å². The Balaban J connectivity index is 4.65. The van der Waals surface area contributed by atoms with Crippen LogP contribution < -0.4 is 0 Å². The predicted octanol–water partition coefficient (Wildman–Crippen LogP) is 6.76. The maximum absolute atomic E-state index is 11.9. The van der Waals surface area contributed by atoms with E-state index in [1.54, 1.807) is 13.8 Å². The summed E-state index contributed by atoms with van der Waals surface area (Å²) in [7, 11) is -3.71. The summed E-state index contributed by atoms with van der Waals surface area (Å²) < 4.78 is 51.7. The fourth-order valence-corrected chi connectivity index (χ4v) is 4.44. The highest BCUT2D eigenvalue weighted by molar-refractivity contribution is 7.86.